The number of nitrogens with one attached hydrogen (secondary N) is 1. The van der Waals surface area contributed by atoms with Gasteiger partial charge in [0.05, 0.1) is 0 Å². The molecule has 0 aliphatic carbocycles. The maximum atomic E-state index is 12.6. The Labute approximate surface area is 97.4 Å². The molecule has 1 aromatic heterocycles. The highest BCUT2D eigenvalue weighted by Gasteiger charge is 2.38. The number of alkyl halides is 3. The minimum absolute atomic E-state index is 0.0644. The van der Waals surface area contributed by atoms with Gasteiger partial charge in [0.2, 0.25) is 0 Å². The van der Waals surface area contributed by atoms with Gasteiger partial charge in [0.1, 0.15) is 5.76 Å². The fraction of sp³-hybridized carbons (Fsp3) is 0.727. The van der Waals surface area contributed by atoms with Gasteiger partial charge < -0.3 is 9.73 Å². The summed E-state index contributed by atoms with van der Waals surface area (Å²) < 4.78 is 43.1. The average molecular weight is 248 g/mol. The van der Waals surface area contributed by atoms with E-state index in [1.165, 1.54) is 0 Å². The molecule has 1 atom stereocenters. The number of aromatic nitrogens is 1. The highest BCUT2D eigenvalue weighted by molar-refractivity contribution is 5.14. The third-order valence-electron chi connectivity index (χ3n) is 2.91. The molecule has 0 radical (unpaired) electrons. The Kier molecular flexibility index (Phi) is 3.42. The van der Waals surface area contributed by atoms with E-state index in [0.717, 1.165) is 19.4 Å². The molecule has 1 saturated heterocycles. The lowest BCUT2D eigenvalue weighted by atomic mass is 10.1. The van der Waals surface area contributed by atoms with Crippen LogP contribution in [0.15, 0.2) is 4.42 Å². The monoisotopic (exact) mass is 248 g/mol. The molecule has 0 amide bonds. The minimum atomic E-state index is -4.42. The van der Waals surface area contributed by atoms with E-state index in [9.17, 15) is 13.2 Å². The van der Waals surface area contributed by atoms with Crippen LogP contribution in [-0.4, -0.2) is 17.6 Å². The van der Waals surface area contributed by atoms with E-state index in [4.69, 9.17) is 4.42 Å². The molecule has 0 saturated carbocycles. The fourth-order valence-corrected chi connectivity index (χ4v) is 2.09. The third kappa shape index (κ3) is 2.80. The van der Waals surface area contributed by atoms with Crippen molar-refractivity contribution in [3.8, 4) is 0 Å². The van der Waals surface area contributed by atoms with Gasteiger partial charge >= 0.3 is 6.18 Å². The van der Waals surface area contributed by atoms with Gasteiger partial charge in [-0.25, -0.2) is 4.98 Å². The van der Waals surface area contributed by atoms with Crippen molar-refractivity contribution in [1.82, 2.24) is 10.3 Å². The summed E-state index contributed by atoms with van der Waals surface area (Å²) >= 11 is 0. The van der Waals surface area contributed by atoms with Crippen LogP contribution in [0, 0.1) is 0 Å². The molecule has 1 N–H and O–H groups in total. The molecule has 0 spiro atoms. The molecule has 6 heteroatoms. The Morgan fingerprint density at radius 1 is 1.47 bits per heavy atom. The molecule has 17 heavy (non-hydrogen) atoms. The molecule has 1 unspecified atom stereocenters. The first kappa shape index (κ1) is 12.4. The van der Waals surface area contributed by atoms with Gasteiger partial charge in [-0.15, -0.1) is 0 Å². The average Bonchev–Trinajstić information content (AvgIpc) is 2.86. The maximum Gasteiger partial charge on any atom is 0.436 e. The van der Waals surface area contributed by atoms with Crippen molar-refractivity contribution in [3.63, 3.8) is 0 Å². The van der Waals surface area contributed by atoms with Crippen molar-refractivity contribution in [1.29, 1.82) is 0 Å². The molecule has 1 aromatic rings. The summed E-state index contributed by atoms with van der Waals surface area (Å²) in [7, 11) is 0. The topological polar surface area (TPSA) is 38.1 Å². The Hall–Kier alpha value is -1.04. The number of nitrogens with zero attached hydrogens (tertiary/aromatic N) is 1. The van der Waals surface area contributed by atoms with Crippen LogP contribution in [0.25, 0.3) is 0 Å². The second-order valence-corrected chi connectivity index (χ2v) is 4.23. The maximum absolute atomic E-state index is 12.6. The zero-order chi connectivity index (χ0) is 12.5. The summed E-state index contributed by atoms with van der Waals surface area (Å²) in [5.74, 6) is 0.124. The lowest BCUT2D eigenvalue weighted by Crippen LogP contribution is -2.23. The van der Waals surface area contributed by atoms with Crippen molar-refractivity contribution >= 4 is 0 Å². The van der Waals surface area contributed by atoms with Gasteiger partial charge in [0.15, 0.2) is 11.6 Å². The number of aryl methyl sites for hydroxylation is 1. The van der Waals surface area contributed by atoms with Crippen molar-refractivity contribution in [2.24, 2.45) is 0 Å². The standard InChI is InChI=1S/C11H15F3N2O/c1-2-8-10(11(12,13)14)16-9(17-8)6-7-4-3-5-15-7/h7,15H,2-6H2,1H3. The van der Waals surface area contributed by atoms with Crippen LogP contribution in [-0.2, 0) is 19.0 Å². The van der Waals surface area contributed by atoms with E-state index < -0.39 is 11.9 Å². The number of halogens is 3. The highest BCUT2D eigenvalue weighted by atomic mass is 19.4. The van der Waals surface area contributed by atoms with Gasteiger partial charge in [0, 0.05) is 18.9 Å². The first-order chi connectivity index (χ1) is 8.00. The lowest BCUT2D eigenvalue weighted by Gasteiger charge is -2.05. The Balaban J connectivity index is 2.15. The first-order valence-electron chi connectivity index (χ1n) is 5.80. The summed E-state index contributed by atoms with van der Waals surface area (Å²) in [6, 6.07) is 0.194. The Bertz CT molecular complexity index is 381. The largest absolute Gasteiger partial charge is 0.445 e. The molecule has 1 aliphatic heterocycles. The smallest absolute Gasteiger partial charge is 0.436 e. The zero-order valence-electron chi connectivity index (χ0n) is 9.60. The van der Waals surface area contributed by atoms with Crippen molar-refractivity contribution < 1.29 is 17.6 Å². The molecule has 2 rings (SSSR count). The summed E-state index contributed by atoms with van der Waals surface area (Å²) in [4.78, 5) is 3.58. The minimum Gasteiger partial charge on any atom is -0.445 e. The van der Waals surface area contributed by atoms with E-state index in [0.29, 0.717) is 6.42 Å². The van der Waals surface area contributed by atoms with Crippen LogP contribution in [0.3, 0.4) is 0 Å². The molecule has 2 heterocycles. The number of oxazole rings is 1. The zero-order valence-corrected chi connectivity index (χ0v) is 9.60. The summed E-state index contributed by atoms with van der Waals surface area (Å²) in [5.41, 5.74) is -0.868. The van der Waals surface area contributed by atoms with E-state index in [1.807, 2.05) is 0 Å². The Morgan fingerprint density at radius 3 is 2.71 bits per heavy atom. The van der Waals surface area contributed by atoms with Gasteiger partial charge in [-0.2, -0.15) is 13.2 Å². The molecule has 1 aliphatic rings. The van der Waals surface area contributed by atoms with E-state index in [2.05, 4.69) is 10.3 Å². The molecule has 0 aromatic carbocycles. The van der Waals surface area contributed by atoms with Crippen LogP contribution in [0.4, 0.5) is 13.2 Å². The predicted octanol–water partition coefficient (Wildman–Crippen LogP) is 2.55. The first-order valence-corrected chi connectivity index (χ1v) is 5.80. The number of hydrogen-bond donors (Lipinski definition) is 1. The highest BCUT2D eigenvalue weighted by Crippen LogP contribution is 2.32. The van der Waals surface area contributed by atoms with E-state index in [1.54, 1.807) is 6.92 Å². The molecule has 1 fully saturated rings. The predicted molar refractivity (Wildman–Crippen MR) is 55.6 cm³/mol. The quantitative estimate of drug-likeness (QED) is 0.893. The normalized spacial score (nSPS) is 21.1. The molecule has 3 nitrogen and oxygen atoms in total. The summed E-state index contributed by atoms with van der Waals surface area (Å²) in [5, 5.41) is 3.21. The van der Waals surface area contributed by atoms with E-state index >= 15 is 0 Å². The number of hydrogen-bond acceptors (Lipinski definition) is 3. The lowest BCUT2D eigenvalue weighted by molar-refractivity contribution is -0.141. The second kappa shape index (κ2) is 4.68. The van der Waals surface area contributed by atoms with Crippen molar-refractivity contribution in [2.75, 3.05) is 6.54 Å². The van der Waals surface area contributed by atoms with Crippen LogP contribution in [0.1, 0.15) is 37.1 Å². The van der Waals surface area contributed by atoms with Crippen LogP contribution in [0.2, 0.25) is 0 Å². The second-order valence-electron chi connectivity index (χ2n) is 4.23. The van der Waals surface area contributed by atoms with Crippen LogP contribution in [0.5, 0.6) is 0 Å². The fourth-order valence-electron chi connectivity index (χ4n) is 2.09. The van der Waals surface area contributed by atoms with Gasteiger partial charge in [-0.3, -0.25) is 0 Å². The van der Waals surface area contributed by atoms with Gasteiger partial charge in [-0.1, -0.05) is 6.92 Å². The third-order valence-corrected chi connectivity index (χ3v) is 2.91. The molecular weight excluding hydrogens is 233 g/mol. The Morgan fingerprint density at radius 2 is 2.24 bits per heavy atom. The van der Waals surface area contributed by atoms with Gasteiger partial charge in [0.25, 0.3) is 0 Å². The summed E-state index contributed by atoms with van der Waals surface area (Å²) in [6.45, 7) is 2.55. The van der Waals surface area contributed by atoms with Gasteiger partial charge in [-0.05, 0) is 19.4 Å². The van der Waals surface area contributed by atoms with Crippen molar-refractivity contribution in [3.05, 3.63) is 17.3 Å². The molecule has 0 bridgehead atoms. The van der Waals surface area contributed by atoms with E-state index in [-0.39, 0.29) is 24.1 Å². The van der Waals surface area contributed by atoms with Crippen molar-refractivity contribution in [2.45, 2.75) is 44.8 Å². The SMILES string of the molecule is CCc1oc(CC2CCCN2)nc1C(F)(F)F. The molecular formula is C11H15F3N2O. The number of rotatable bonds is 3. The summed E-state index contributed by atoms with van der Waals surface area (Å²) in [6.07, 6.45) is -1.76. The van der Waals surface area contributed by atoms with Crippen LogP contribution >= 0.6 is 0 Å². The van der Waals surface area contributed by atoms with Crippen LogP contribution < -0.4 is 5.32 Å². The molecule has 96 valence electrons.